The summed E-state index contributed by atoms with van der Waals surface area (Å²) in [7, 11) is 0. The second-order valence-electron chi connectivity index (χ2n) is 7.45. The molecule has 0 saturated carbocycles. The van der Waals surface area contributed by atoms with E-state index in [2.05, 4.69) is 41.2 Å². The van der Waals surface area contributed by atoms with E-state index in [9.17, 15) is 8.78 Å². The number of aromatic nitrogens is 4. The number of aromatic amines is 2. The molecule has 0 unspecified atom stereocenters. The Hall–Kier alpha value is -2.47. The average molecular weight is 405 g/mol. The van der Waals surface area contributed by atoms with Crippen LogP contribution < -0.4 is 0 Å². The highest BCUT2D eigenvalue weighted by molar-refractivity contribution is 6.32. The molecule has 2 aromatic carbocycles. The standard InChI is InChI=1S/C11H13ClN2.C10H10F2N2/c1-6(2)11-7(3)9(12)4-10-8(11)5-13-14-10;1-5(2)9-6-4-13-14-8(6)3-7(11)10(9)12/h4-6H,1-3H3,(H,13,14);3-5H,1-2H3,(H,13,14). The van der Waals surface area contributed by atoms with Gasteiger partial charge in [-0.05, 0) is 36.0 Å². The third kappa shape index (κ3) is 3.61. The first-order valence-corrected chi connectivity index (χ1v) is 9.53. The van der Waals surface area contributed by atoms with Crippen LogP contribution in [0.3, 0.4) is 0 Å². The highest BCUT2D eigenvalue weighted by atomic mass is 35.5. The van der Waals surface area contributed by atoms with Crippen molar-refractivity contribution >= 4 is 33.4 Å². The van der Waals surface area contributed by atoms with Crippen LogP contribution in [0.4, 0.5) is 8.78 Å². The maximum atomic E-state index is 13.4. The number of hydrogen-bond donors (Lipinski definition) is 2. The number of nitrogens with one attached hydrogen (secondary N) is 2. The first-order valence-electron chi connectivity index (χ1n) is 9.15. The van der Waals surface area contributed by atoms with E-state index in [1.165, 1.54) is 17.1 Å². The van der Waals surface area contributed by atoms with E-state index in [0.717, 1.165) is 22.2 Å². The van der Waals surface area contributed by atoms with Crippen molar-refractivity contribution in [3.63, 3.8) is 0 Å². The van der Waals surface area contributed by atoms with Crippen molar-refractivity contribution in [3.8, 4) is 0 Å². The van der Waals surface area contributed by atoms with Crippen LogP contribution in [0.1, 0.15) is 56.2 Å². The Kier molecular flexibility index (Phi) is 5.70. The van der Waals surface area contributed by atoms with Gasteiger partial charge in [0.05, 0.1) is 23.4 Å². The van der Waals surface area contributed by atoms with Crippen molar-refractivity contribution in [2.75, 3.05) is 0 Å². The number of rotatable bonds is 2. The summed E-state index contributed by atoms with van der Waals surface area (Å²) in [6.45, 7) is 10.1. The zero-order chi connectivity index (χ0) is 20.6. The number of benzene rings is 2. The van der Waals surface area contributed by atoms with E-state index in [0.29, 0.717) is 22.4 Å². The fourth-order valence-corrected chi connectivity index (χ4v) is 3.76. The molecule has 0 saturated heterocycles. The molecule has 0 spiro atoms. The van der Waals surface area contributed by atoms with E-state index >= 15 is 0 Å². The van der Waals surface area contributed by atoms with Gasteiger partial charge in [-0.3, -0.25) is 10.2 Å². The molecule has 0 aliphatic carbocycles. The molecule has 4 aromatic rings. The summed E-state index contributed by atoms with van der Waals surface area (Å²) >= 11 is 6.15. The summed E-state index contributed by atoms with van der Waals surface area (Å²) < 4.78 is 26.6. The van der Waals surface area contributed by atoms with Gasteiger partial charge < -0.3 is 0 Å². The van der Waals surface area contributed by atoms with Gasteiger partial charge >= 0.3 is 0 Å². The van der Waals surface area contributed by atoms with Crippen molar-refractivity contribution in [1.82, 2.24) is 20.4 Å². The van der Waals surface area contributed by atoms with Gasteiger partial charge in [0.1, 0.15) is 0 Å². The Morgan fingerprint density at radius 2 is 1.36 bits per heavy atom. The van der Waals surface area contributed by atoms with Gasteiger partial charge in [0.15, 0.2) is 11.6 Å². The molecule has 0 radical (unpaired) electrons. The van der Waals surface area contributed by atoms with E-state index in [1.54, 1.807) is 0 Å². The largest absolute Gasteiger partial charge is 0.278 e. The molecular weight excluding hydrogens is 382 g/mol. The molecule has 0 amide bonds. The summed E-state index contributed by atoms with van der Waals surface area (Å²) in [5, 5.41) is 16.0. The Balaban J connectivity index is 0.000000161. The smallest absolute Gasteiger partial charge is 0.163 e. The maximum Gasteiger partial charge on any atom is 0.163 e. The number of H-pyrrole nitrogens is 2. The normalized spacial score (nSPS) is 11.5. The summed E-state index contributed by atoms with van der Waals surface area (Å²) in [4.78, 5) is 0. The van der Waals surface area contributed by atoms with Crippen molar-refractivity contribution in [2.45, 2.75) is 46.5 Å². The molecule has 0 atom stereocenters. The number of hydrogen-bond acceptors (Lipinski definition) is 2. The lowest BCUT2D eigenvalue weighted by atomic mass is 9.94. The molecular formula is C21H23ClF2N4. The van der Waals surface area contributed by atoms with Gasteiger partial charge in [0, 0.05) is 27.4 Å². The lowest BCUT2D eigenvalue weighted by Crippen LogP contribution is -1.97. The van der Waals surface area contributed by atoms with E-state index in [-0.39, 0.29) is 5.92 Å². The molecule has 0 aliphatic heterocycles. The molecule has 4 nitrogen and oxygen atoms in total. The topological polar surface area (TPSA) is 57.4 Å². The van der Waals surface area contributed by atoms with E-state index in [4.69, 9.17) is 11.6 Å². The molecule has 148 valence electrons. The van der Waals surface area contributed by atoms with E-state index < -0.39 is 11.6 Å². The van der Waals surface area contributed by atoms with Gasteiger partial charge in [-0.2, -0.15) is 10.2 Å². The highest BCUT2D eigenvalue weighted by Gasteiger charge is 2.17. The molecule has 2 aromatic heterocycles. The second kappa shape index (κ2) is 7.87. The second-order valence-corrected chi connectivity index (χ2v) is 7.86. The van der Waals surface area contributed by atoms with Gasteiger partial charge in [-0.15, -0.1) is 0 Å². The molecule has 4 rings (SSSR count). The summed E-state index contributed by atoms with van der Waals surface area (Å²) in [6, 6.07) is 3.06. The molecule has 0 fully saturated rings. The summed E-state index contributed by atoms with van der Waals surface area (Å²) in [6.07, 6.45) is 3.39. The monoisotopic (exact) mass is 404 g/mol. The minimum absolute atomic E-state index is 0.0641. The summed E-state index contributed by atoms with van der Waals surface area (Å²) in [5.41, 5.74) is 4.39. The molecule has 0 aliphatic rings. The Bertz CT molecular complexity index is 1040. The Morgan fingerprint density at radius 3 is 1.89 bits per heavy atom. The SMILES string of the molecule is CC(C)c1c(F)c(F)cc2[nH]ncc12.Cc1c(Cl)cc2[nH]ncc2c1C(C)C. The quantitative estimate of drug-likeness (QED) is 0.394. The van der Waals surface area contributed by atoms with E-state index in [1.807, 2.05) is 26.1 Å². The molecule has 2 N–H and O–H groups in total. The van der Waals surface area contributed by atoms with Crippen LogP contribution in [0.2, 0.25) is 5.02 Å². The zero-order valence-electron chi connectivity index (χ0n) is 16.5. The van der Waals surface area contributed by atoms with Crippen LogP contribution in [0.5, 0.6) is 0 Å². The van der Waals surface area contributed by atoms with Gasteiger partial charge in [-0.1, -0.05) is 39.3 Å². The first kappa shape index (κ1) is 20.3. The number of fused-ring (bicyclic) bond motifs is 2. The van der Waals surface area contributed by atoms with Gasteiger partial charge in [-0.25, -0.2) is 8.78 Å². The molecule has 2 heterocycles. The lowest BCUT2D eigenvalue weighted by Gasteiger charge is -2.12. The van der Waals surface area contributed by atoms with Crippen LogP contribution in [-0.4, -0.2) is 20.4 Å². The predicted molar refractivity (Wildman–Crippen MR) is 110 cm³/mol. The average Bonchev–Trinajstić information content (AvgIpc) is 3.25. The predicted octanol–water partition coefficient (Wildman–Crippen LogP) is 6.61. The Labute approximate surface area is 167 Å². The number of halogens is 3. The van der Waals surface area contributed by atoms with Crippen LogP contribution in [0.25, 0.3) is 21.8 Å². The third-order valence-corrected chi connectivity index (χ3v) is 5.22. The van der Waals surface area contributed by atoms with Gasteiger partial charge in [0.2, 0.25) is 0 Å². The zero-order valence-corrected chi connectivity index (χ0v) is 17.2. The van der Waals surface area contributed by atoms with Crippen LogP contribution >= 0.6 is 11.6 Å². The maximum absolute atomic E-state index is 13.4. The molecule has 0 bridgehead atoms. The fraction of sp³-hybridized carbons (Fsp3) is 0.333. The van der Waals surface area contributed by atoms with Crippen LogP contribution in [0, 0.1) is 18.6 Å². The molecule has 28 heavy (non-hydrogen) atoms. The summed E-state index contributed by atoms with van der Waals surface area (Å²) in [5.74, 6) is -1.20. The van der Waals surface area contributed by atoms with Crippen molar-refractivity contribution in [1.29, 1.82) is 0 Å². The third-order valence-electron chi connectivity index (χ3n) is 4.82. The number of nitrogens with zero attached hydrogens (tertiary/aromatic N) is 2. The van der Waals surface area contributed by atoms with Crippen LogP contribution in [-0.2, 0) is 0 Å². The minimum Gasteiger partial charge on any atom is -0.278 e. The van der Waals surface area contributed by atoms with Crippen molar-refractivity contribution < 1.29 is 8.78 Å². The van der Waals surface area contributed by atoms with Crippen molar-refractivity contribution in [2.24, 2.45) is 0 Å². The molecule has 7 heteroatoms. The Morgan fingerprint density at radius 1 is 0.857 bits per heavy atom. The highest BCUT2D eigenvalue weighted by Crippen LogP contribution is 2.32. The van der Waals surface area contributed by atoms with Crippen LogP contribution in [0.15, 0.2) is 24.5 Å². The fourth-order valence-electron chi connectivity index (χ4n) is 3.55. The first-order chi connectivity index (χ1) is 13.2. The van der Waals surface area contributed by atoms with Crippen molar-refractivity contribution in [3.05, 3.63) is 57.9 Å². The minimum atomic E-state index is -0.828. The van der Waals surface area contributed by atoms with Gasteiger partial charge in [0.25, 0.3) is 0 Å². The lowest BCUT2D eigenvalue weighted by molar-refractivity contribution is 0.497.